The molecule has 0 atom stereocenters. The Morgan fingerprint density at radius 3 is 2.63 bits per heavy atom. The Balaban J connectivity index is 2.33. The number of hydrogen-bond donors (Lipinski definition) is 1. The summed E-state index contributed by atoms with van der Waals surface area (Å²) in [5.74, 6) is 0.779. The summed E-state index contributed by atoms with van der Waals surface area (Å²) in [4.78, 5) is 4.58. The molecule has 0 unspecified atom stereocenters. The Hall–Kier alpha value is -1.51. The molecule has 0 saturated carbocycles. The summed E-state index contributed by atoms with van der Waals surface area (Å²) in [7, 11) is 0. The van der Waals surface area contributed by atoms with Gasteiger partial charge in [-0.15, -0.1) is 0 Å². The molecular formula is C16H24N2O. The number of benzene rings is 1. The number of anilines is 1. The summed E-state index contributed by atoms with van der Waals surface area (Å²) in [6, 6.07) is 4.13. The first-order valence-corrected chi connectivity index (χ1v) is 7.07. The van der Waals surface area contributed by atoms with E-state index in [4.69, 9.17) is 10.2 Å². The third kappa shape index (κ3) is 3.49. The maximum absolute atomic E-state index is 6.07. The van der Waals surface area contributed by atoms with Gasteiger partial charge in [0, 0.05) is 6.42 Å². The first kappa shape index (κ1) is 13.9. The average Bonchev–Trinajstić information content (AvgIpc) is 2.66. The van der Waals surface area contributed by atoms with Crippen molar-refractivity contribution in [2.45, 2.75) is 53.4 Å². The normalized spacial score (nSPS) is 12.2. The van der Waals surface area contributed by atoms with E-state index < -0.39 is 0 Å². The lowest BCUT2D eigenvalue weighted by atomic mass is 9.92. The Morgan fingerprint density at radius 2 is 2.00 bits per heavy atom. The molecule has 0 spiro atoms. The highest BCUT2D eigenvalue weighted by Crippen LogP contribution is 2.28. The van der Waals surface area contributed by atoms with E-state index in [0.717, 1.165) is 29.8 Å². The van der Waals surface area contributed by atoms with Gasteiger partial charge in [-0.05, 0) is 36.0 Å². The molecule has 104 valence electrons. The summed E-state index contributed by atoms with van der Waals surface area (Å²) in [6.07, 6.45) is 4.24. The fraction of sp³-hybridized carbons (Fsp3) is 0.562. The second kappa shape index (κ2) is 5.24. The summed E-state index contributed by atoms with van der Waals surface area (Å²) in [5, 5.41) is 0. The molecule has 3 heteroatoms. The van der Waals surface area contributed by atoms with Crippen LogP contribution in [0.15, 0.2) is 16.5 Å². The second-order valence-electron chi connectivity index (χ2n) is 6.48. The molecular weight excluding hydrogens is 236 g/mol. The van der Waals surface area contributed by atoms with Crippen LogP contribution in [0.1, 0.15) is 52.0 Å². The minimum absolute atomic E-state index is 0.167. The molecule has 0 fully saturated rings. The molecule has 0 bridgehead atoms. The van der Waals surface area contributed by atoms with Crippen molar-refractivity contribution in [3.05, 3.63) is 23.6 Å². The zero-order chi connectivity index (χ0) is 14.0. The minimum Gasteiger partial charge on any atom is -0.438 e. The lowest BCUT2D eigenvalue weighted by Gasteiger charge is -2.14. The van der Waals surface area contributed by atoms with Crippen LogP contribution in [0.25, 0.3) is 11.1 Å². The second-order valence-corrected chi connectivity index (χ2v) is 6.48. The van der Waals surface area contributed by atoms with E-state index in [1.165, 1.54) is 18.4 Å². The fourth-order valence-corrected chi connectivity index (χ4v) is 2.22. The van der Waals surface area contributed by atoms with Crippen molar-refractivity contribution < 1.29 is 4.42 Å². The molecule has 0 aliphatic rings. The van der Waals surface area contributed by atoms with Gasteiger partial charge in [-0.25, -0.2) is 4.98 Å². The molecule has 0 aliphatic carbocycles. The van der Waals surface area contributed by atoms with Crippen LogP contribution in [-0.4, -0.2) is 4.98 Å². The van der Waals surface area contributed by atoms with Crippen LogP contribution in [0.4, 0.5) is 5.69 Å². The quantitative estimate of drug-likeness (QED) is 0.832. The average molecular weight is 260 g/mol. The van der Waals surface area contributed by atoms with E-state index in [-0.39, 0.29) is 5.41 Å². The zero-order valence-corrected chi connectivity index (χ0v) is 12.4. The molecule has 3 nitrogen and oxygen atoms in total. The minimum atomic E-state index is 0.167. The van der Waals surface area contributed by atoms with Gasteiger partial charge in [-0.1, -0.05) is 34.1 Å². The van der Waals surface area contributed by atoms with Gasteiger partial charge in [0.25, 0.3) is 0 Å². The van der Waals surface area contributed by atoms with Crippen LogP contribution in [0, 0.1) is 5.41 Å². The lowest BCUT2D eigenvalue weighted by Crippen LogP contribution is -2.09. The number of oxazole rings is 1. The van der Waals surface area contributed by atoms with Crippen molar-refractivity contribution in [3.8, 4) is 0 Å². The SMILES string of the molecule is CCCCc1cc(N)c2oc(CC(C)(C)C)nc2c1. The van der Waals surface area contributed by atoms with Crippen LogP contribution in [0.5, 0.6) is 0 Å². The van der Waals surface area contributed by atoms with E-state index in [1.807, 2.05) is 6.07 Å². The van der Waals surface area contributed by atoms with Crippen molar-refractivity contribution in [2.75, 3.05) is 5.73 Å². The van der Waals surface area contributed by atoms with Crippen LogP contribution >= 0.6 is 0 Å². The van der Waals surface area contributed by atoms with Crippen molar-refractivity contribution in [1.82, 2.24) is 4.98 Å². The van der Waals surface area contributed by atoms with Crippen molar-refractivity contribution in [1.29, 1.82) is 0 Å². The highest BCUT2D eigenvalue weighted by molar-refractivity contribution is 5.85. The fourth-order valence-electron chi connectivity index (χ4n) is 2.22. The molecule has 2 rings (SSSR count). The number of aryl methyl sites for hydroxylation is 1. The van der Waals surface area contributed by atoms with Gasteiger partial charge >= 0.3 is 0 Å². The van der Waals surface area contributed by atoms with Crippen molar-refractivity contribution in [3.63, 3.8) is 0 Å². The van der Waals surface area contributed by atoms with Crippen LogP contribution in [-0.2, 0) is 12.8 Å². The van der Waals surface area contributed by atoms with Gasteiger partial charge in [-0.3, -0.25) is 0 Å². The van der Waals surface area contributed by atoms with Gasteiger partial charge in [0.05, 0.1) is 5.69 Å². The number of fused-ring (bicyclic) bond motifs is 1. The third-order valence-corrected chi connectivity index (χ3v) is 3.12. The van der Waals surface area contributed by atoms with Gasteiger partial charge in [0.2, 0.25) is 0 Å². The molecule has 1 aromatic heterocycles. The van der Waals surface area contributed by atoms with E-state index >= 15 is 0 Å². The molecule has 1 aromatic carbocycles. The smallest absolute Gasteiger partial charge is 0.196 e. The Labute approximate surface area is 115 Å². The Bertz CT molecular complexity index is 564. The number of unbranched alkanes of at least 4 members (excludes halogenated alkanes) is 1. The number of hydrogen-bond acceptors (Lipinski definition) is 3. The highest BCUT2D eigenvalue weighted by Gasteiger charge is 2.17. The molecule has 0 saturated heterocycles. The zero-order valence-electron chi connectivity index (χ0n) is 12.4. The molecule has 2 aromatic rings. The summed E-state index contributed by atoms with van der Waals surface area (Å²) in [5.41, 5.74) is 9.83. The number of nitrogens with two attached hydrogens (primary N) is 1. The van der Waals surface area contributed by atoms with E-state index in [2.05, 4.69) is 38.7 Å². The lowest BCUT2D eigenvalue weighted by molar-refractivity contribution is 0.362. The van der Waals surface area contributed by atoms with Crippen LogP contribution in [0.3, 0.4) is 0 Å². The monoisotopic (exact) mass is 260 g/mol. The third-order valence-electron chi connectivity index (χ3n) is 3.12. The maximum atomic E-state index is 6.07. The Morgan fingerprint density at radius 1 is 1.26 bits per heavy atom. The predicted molar refractivity (Wildman–Crippen MR) is 80.2 cm³/mol. The summed E-state index contributed by atoms with van der Waals surface area (Å²) in [6.45, 7) is 8.73. The number of rotatable bonds is 4. The van der Waals surface area contributed by atoms with E-state index in [1.54, 1.807) is 0 Å². The molecule has 0 radical (unpaired) electrons. The Kier molecular flexibility index (Phi) is 3.83. The van der Waals surface area contributed by atoms with Gasteiger partial charge < -0.3 is 10.2 Å². The molecule has 0 aliphatic heterocycles. The molecule has 19 heavy (non-hydrogen) atoms. The standard InChI is InChI=1S/C16H24N2O/c1-5-6-7-11-8-12(17)15-13(9-11)18-14(19-15)10-16(2,3)4/h8-9H,5-7,10,17H2,1-4H3. The van der Waals surface area contributed by atoms with Crippen molar-refractivity contribution in [2.24, 2.45) is 5.41 Å². The first-order valence-electron chi connectivity index (χ1n) is 7.07. The first-order chi connectivity index (χ1) is 8.89. The van der Waals surface area contributed by atoms with Gasteiger partial charge in [-0.2, -0.15) is 0 Å². The molecule has 0 amide bonds. The van der Waals surface area contributed by atoms with Crippen molar-refractivity contribution >= 4 is 16.8 Å². The molecule has 2 N–H and O–H groups in total. The highest BCUT2D eigenvalue weighted by atomic mass is 16.3. The topological polar surface area (TPSA) is 52.0 Å². The summed E-state index contributed by atoms with van der Waals surface area (Å²) >= 11 is 0. The number of nitrogens with zero attached hydrogens (tertiary/aromatic N) is 1. The predicted octanol–water partition coefficient (Wildman–Crippen LogP) is 4.34. The van der Waals surface area contributed by atoms with Crippen LogP contribution in [0.2, 0.25) is 0 Å². The van der Waals surface area contributed by atoms with Gasteiger partial charge in [0.1, 0.15) is 5.52 Å². The van der Waals surface area contributed by atoms with Gasteiger partial charge in [0.15, 0.2) is 11.5 Å². The largest absolute Gasteiger partial charge is 0.438 e. The van der Waals surface area contributed by atoms with E-state index in [9.17, 15) is 0 Å². The molecule has 1 heterocycles. The maximum Gasteiger partial charge on any atom is 0.196 e. The number of aromatic nitrogens is 1. The summed E-state index contributed by atoms with van der Waals surface area (Å²) < 4.78 is 5.80. The van der Waals surface area contributed by atoms with E-state index in [0.29, 0.717) is 5.69 Å². The van der Waals surface area contributed by atoms with Crippen LogP contribution < -0.4 is 5.73 Å². The number of nitrogen functional groups attached to an aromatic ring is 1.